The van der Waals surface area contributed by atoms with Gasteiger partial charge in [-0.1, -0.05) is 30.3 Å². The van der Waals surface area contributed by atoms with E-state index in [1.165, 1.54) is 5.56 Å². The molecule has 2 fully saturated rings. The molecule has 2 aliphatic rings. The molecule has 2 aliphatic heterocycles. The first-order chi connectivity index (χ1) is 11.2. The number of carbonyl (C=O) groups excluding carboxylic acids is 2. The number of benzene rings is 1. The Balaban J connectivity index is 1.62. The number of cyclic esters (lactones) is 1. The number of hydrogen-bond acceptors (Lipinski definition) is 4. The van der Waals surface area contributed by atoms with E-state index in [1.54, 1.807) is 4.90 Å². The fourth-order valence-corrected chi connectivity index (χ4v) is 3.24. The van der Waals surface area contributed by atoms with Crippen LogP contribution in [0.4, 0.5) is 4.79 Å². The molecule has 2 heterocycles. The Kier molecular flexibility index (Phi) is 5.12. The number of rotatable bonds is 5. The van der Waals surface area contributed by atoms with E-state index in [-0.39, 0.29) is 18.0 Å². The molecule has 0 aromatic heterocycles. The van der Waals surface area contributed by atoms with Crippen molar-refractivity contribution in [3.05, 3.63) is 35.9 Å². The Labute approximate surface area is 136 Å². The highest BCUT2D eigenvalue weighted by Gasteiger charge is 2.27. The van der Waals surface area contributed by atoms with Crippen LogP contribution in [-0.4, -0.2) is 61.1 Å². The molecule has 2 amide bonds. The third kappa shape index (κ3) is 4.01. The molecular formula is C17H23N3O3. The molecule has 1 aromatic rings. The van der Waals surface area contributed by atoms with E-state index in [9.17, 15) is 9.59 Å². The van der Waals surface area contributed by atoms with Gasteiger partial charge in [-0.15, -0.1) is 0 Å². The monoisotopic (exact) mass is 317 g/mol. The zero-order valence-corrected chi connectivity index (χ0v) is 13.2. The van der Waals surface area contributed by atoms with E-state index in [0.717, 1.165) is 19.5 Å². The Bertz CT molecular complexity index is 549. The second-order valence-corrected chi connectivity index (χ2v) is 5.97. The van der Waals surface area contributed by atoms with Gasteiger partial charge in [-0.05, 0) is 12.0 Å². The second-order valence-electron chi connectivity index (χ2n) is 5.97. The van der Waals surface area contributed by atoms with Crippen molar-refractivity contribution in [2.24, 2.45) is 0 Å². The van der Waals surface area contributed by atoms with Crippen LogP contribution in [0.5, 0.6) is 0 Å². The van der Waals surface area contributed by atoms with Gasteiger partial charge in [0.05, 0.1) is 6.54 Å². The van der Waals surface area contributed by atoms with Crippen molar-refractivity contribution in [2.45, 2.75) is 18.9 Å². The third-order valence-electron chi connectivity index (χ3n) is 4.44. The average molecular weight is 317 g/mol. The van der Waals surface area contributed by atoms with Crippen LogP contribution in [0.2, 0.25) is 0 Å². The molecule has 6 nitrogen and oxygen atoms in total. The molecule has 0 unspecified atom stereocenters. The largest absolute Gasteiger partial charge is 0.448 e. The Morgan fingerprint density at radius 3 is 2.70 bits per heavy atom. The number of nitrogens with zero attached hydrogens (tertiary/aromatic N) is 2. The summed E-state index contributed by atoms with van der Waals surface area (Å²) >= 11 is 0. The third-order valence-corrected chi connectivity index (χ3v) is 4.44. The summed E-state index contributed by atoms with van der Waals surface area (Å²) in [6.45, 7) is 4.24. The van der Waals surface area contributed by atoms with Crippen LogP contribution >= 0.6 is 0 Å². The lowest BCUT2D eigenvalue weighted by molar-refractivity contribution is -0.121. The van der Waals surface area contributed by atoms with Gasteiger partial charge in [0.1, 0.15) is 6.61 Å². The van der Waals surface area contributed by atoms with Crippen LogP contribution < -0.4 is 5.32 Å². The van der Waals surface area contributed by atoms with Crippen LogP contribution in [0.3, 0.4) is 0 Å². The van der Waals surface area contributed by atoms with Gasteiger partial charge in [0.25, 0.3) is 0 Å². The van der Waals surface area contributed by atoms with E-state index >= 15 is 0 Å². The quantitative estimate of drug-likeness (QED) is 0.891. The highest BCUT2D eigenvalue weighted by Crippen LogP contribution is 2.25. The predicted molar refractivity (Wildman–Crippen MR) is 85.9 cm³/mol. The van der Waals surface area contributed by atoms with Crippen LogP contribution in [0.25, 0.3) is 0 Å². The molecular weight excluding hydrogens is 294 g/mol. The molecule has 0 radical (unpaired) electrons. The first-order valence-corrected chi connectivity index (χ1v) is 8.21. The lowest BCUT2D eigenvalue weighted by atomic mass is 10.0. The fourth-order valence-electron chi connectivity index (χ4n) is 3.24. The van der Waals surface area contributed by atoms with Gasteiger partial charge < -0.3 is 15.0 Å². The van der Waals surface area contributed by atoms with Gasteiger partial charge in [0.15, 0.2) is 0 Å². The number of carbonyl (C=O) groups is 2. The number of ether oxygens (including phenoxy) is 1. The summed E-state index contributed by atoms with van der Waals surface area (Å²) in [4.78, 5) is 27.5. The van der Waals surface area contributed by atoms with Crippen LogP contribution in [-0.2, 0) is 9.53 Å². The molecule has 1 aromatic carbocycles. The van der Waals surface area contributed by atoms with Crippen molar-refractivity contribution in [1.82, 2.24) is 15.1 Å². The first kappa shape index (κ1) is 15.8. The molecule has 0 spiro atoms. The van der Waals surface area contributed by atoms with Gasteiger partial charge in [0, 0.05) is 38.6 Å². The summed E-state index contributed by atoms with van der Waals surface area (Å²) in [5.41, 5.74) is 1.17. The Morgan fingerprint density at radius 2 is 1.96 bits per heavy atom. The maximum atomic E-state index is 11.9. The first-order valence-electron chi connectivity index (χ1n) is 8.21. The van der Waals surface area contributed by atoms with Gasteiger partial charge in [-0.25, -0.2) is 4.79 Å². The lowest BCUT2D eigenvalue weighted by Crippen LogP contribution is -2.34. The lowest BCUT2D eigenvalue weighted by Gasteiger charge is -2.29. The predicted octanol–water partition coefficient (Wildman–Crippen LogP) is 1.39. The van der Waals surface area contributed by atoms with E-state index in [1.807, 2.05) is 18.2 Å². The minimum absolute atomic E-state index is 0.101. The maximum absolute atomic E-state index is 11.9. The van der Waals surface area contributed by atoms with Gasteiger partial charge in [-0.3, -0.25) is 9.69 Å². The minimum atomic E-state index is -0.211. The van der Waals surface area contributed by atoms with Crippen LogP contribution in [0.15, 0.2) is 30.3 Å². The summed E-state index contributed by atoms with van der Waals surface area (Å²) < 4.78 is 4.95. The molecule has 2 saturated heterocycles. The molecule has 6 heteroatoms. The maximum Gasteiger partial charge on any atom is 0.409 e. The van der Waals surface area contributed by atoms with Crippen molar-refractivity contribution in [3.8, 4) is 0 Å². The summed E-state index contributed by atoms with van der Waals surface area (Å²) in [7, 11) is 0. The molecule has 0 bridgehead atoms. The van der Waals surface area contributed by atoms with Crippen LogP contribution in [0, 0.1) is 0 Å². The standard InChI is InChI=1S/C17H23N3O3/c21-16-13-15(14-5-2-1-3-6-14)19(10-7-18-16)8-4-9-20-11-12-23-17(20)22/h1-3,5-6,15H,4,7-13H2,(H,18,21)/t15-/m1/s1. The van der Waals surface area contributed by atoms with Crippen molar-refractivity contribution < 1.29 is 14.3 Å². The summed E-state index contributed by atoms with van der Waals surface area (Å²) in [6.07, 6.45) is 1.15. The highest BCUT2D eigenvalue weighted by molar-refractivity contribution is 5.77. The Hall–Kier alpha value is -2.08. The zero-order chi connectivity index (χ0) is 16.1. The smallest absolute Gasteiger partial charge is 0.409 e. The van der Waals surface area contributed by atoms with Crippen molar-refractivity contribution >= 4 is 12.0 Å². The topological polar surface area (TPSA) is 61.9 Å². The van der Waals surface area contributed by atoms with Gasteiger partial charge >= 0.3 is 6.09 Å². The number of hydrogen-bond donors (Lipinski definition) is 1. The zero-order valence-electron chi connectivity index (χ0n) is 13.2. The molecule has 0 aliphatic carbocycles. The van der Waals surface area contributed by atoms with Crippen molar-refractivity contribution in [3.63, 3.8) is 0 Å². The summed E-state index contributed by atoms with van der Waals surface area (Å²) in [5.74, 6) is 0.101. The van der Waals surface area contributed by atoms with E-state index in [4.69, 9.17) is 4.74 Å². The van der Waals surface area contributed by atoms with Gasteiger partial charge in [0.2, 0.25) is 5.91 Å². The van der Waals surface area contributed by atoms with Crippen molar-refractivity contribution in [1.29, 1.82) is 0 Å². The molecule has 1 N–H and O–H groups in total. The molecule has 124 valence electrons. The van der Waals surface area contributed by atoms with Crippen LogP contribution in [0.1, 0.15) is 24.4 Å². The SMILES string of the molecule is O=C1C[C@H](c2ccccc2)N(CCCN2CCOC2=O)CCN1. The normalized spacial score (nSPS) is 22.6. The molecule has 1 atom stereocenters. The average Bonchev–Trinajstić information content (AvgIpc) is 2.87. The molecule has 23 heavy (non-hydrogen) atoms. The van der Waals surface area contributed by atoms with E-state index in [0.29, 0.717) is 32.7 Å². The molecule has 3 rings (SSSR count). The van der Waals surface area contributed by atoms with Crippen molar-refractivity contribution in [2.75, 3.05) is 39.3 Å². The van der Waals surface area contributed by atoms with E-state index < -0.39 is 0 Å². The van der Waals surface area contributed by atoms with Gasteiger partial charge in [-0.2, -0.15) is 0 Å². The Morgan fingerprint density at radius 1 is 1.13 bits per heavy atom. The fraction of sp³-hybridized carbons (Fsp3) is 0.529. The summed E-state index contributed by atoms with van der Waals surface area (Å²) in [5, 5.41) is 2.95. The minimum Gasteiger partial charge on any atom is -0.448 e. The van der Waals surface area contributed by atoms with E-state index in [2.05, 4.69) is 22.3 Å². The highest BCUT2D eigenvalue weighted by atomic mass is 16.6. The number of nitrogens with one attached hydrogen (secondary N) is 1. The summed E-state index contributed by atoms with van der Waals surface area (Å²) in [6, 6.07) is 10.3. The molecule has 0 saturated carbocycles. The second kappa shape index (κ2) is 7.46. The number of amides is 2.